The van der Waals surface area contributed by atoms with Crippen LogP contribution < -0.4 is 5.32 Å². The SMILES string of the molecule is O=C(NC1CC1)c1ccc(CN(C(=O)CCOCC(F)(F)F)C2CC2)cc1. The highest BCUT2D eigenvalue weighted by Gasteiger charge is 2.33. The highest BCUT2D eigenvalue weighted by Crippen LogP contribution is 2.29. The number of nitrogens with one attached hydrogen (secondary N) is 1. The number of alkyl halides is 3. The van der Waals surface area contributed by atoms with Gasteiger partial charge in [0.15, 0.2) is 0 Å². The Morgan fingerprint density at radius 3 is 2.33 bits per heavy atom. The van der Waals surface area contributed by atoms with Crippen molar-refractivity contribution < 1.29 is 27.5 Å². The van der Waals surface area contributed by atoms with Crippen molar-refractivity contribution in [2.75, 3.05) is 13.2 Å². The summed E-state index contributed by atoms with van der Waals surface area (Å²) in [7, 11) is 0. The number of carbonyl (C=O) groups excluding carboxylic acids is 2. The maximum absolute atomic E-state index is 12.4. The first-order valence-corrected chi connectivity index (χ1v) is 9.15. The molecule has 3 rings (SSSR count). The van der Waals surface area contributed by atoms with Gasteiger partial charge < -0.3 is 15.0 Å². The van der Waals surface area contributed by atoms with Crippen molar-refractivity contribution in [1.29, 1.82) is 0 Å². The van der Waals surface area contributed by atoms with Gasteiger partial charge >= 0.3 is 6.18 Å². The molecule has 0 aliphatic heterocycles. The average molecular weight is 384 g/mol. The monoisotopic (exact) mass is 384 g/mol. The Morgan fingerprint density at radius 1 is 1.11 bits per heavy atom. The summed E-state index contributed by atoms with van der Waals surface area (Å²) in [5.41, 5.74) is 1.46. The Morgan fingerprint density at radius 2 is 1.78 bits per heavy atom. The molecule has 27 heavy (non-hydrogen) atoms. The molecule has 148 valence electrons. The second-order valence-electron chi connectivity index (χ2n) is 7.12. The number of carbonyl (C=O) groups is 2. The Hall–Kier alpha value is -2.09. The molecule has 0 unspecified atom stereocenters. The van der Waals surface area contributed by atoms with Gasteiger partial charge in [-0.2, -0.15) is 13.2 Å². The second kappa shape index (κ2) is 8.29. The summed E-state index contributed by atoms with van der Waals surface area (Å²) in [5.74, 6) is -0.309. The Kier molecular flexibility index (Phi) is 6.04. The van der Waals surface area contributed by atoms with Gasteiger partial charge in [0.2, 0.25) is 5.91 Å². The van der Waals surface area contributed by atoms with E-state index in [2.05, 4.69) is 10.1 Å². The molecule has 0 bridgehead atoms. The van der Waals surface area contributed by atoms with E-state index in [4.69, 9.17) is 0 Å². The topological polar surface area (TPSA) is 58.6 Å². The minimum atomic E-state index is -4.38. The van der Waals surface area contributed by atoms with E-state index in [1.807, 2.05) is 12.1 Å². The molecular formula is C19H23F3N2O3. The van der Waals surface area contributed by atoms with Crippen molar-refractivity contribution in [3.63, 3.8) is 0 Å². The number of benzene rings is 1. The first-order chi connectivity index (χ1) is 12.8. The van der Waals surface area contributed by atoms with Crippen LogP contribution in [-0.2, 0) is 16.1 Å². The molecule has 1 aromatic rings. The minimum absolute atomic E-state index is 0.0749. The van der Waals surface area contributed by atoms with Crippen molar-refractivity contribution in [3.05, 3.63) is 35.4 Å². The van der Waals surface area contributed by atoms with Gasteiger partial charge in [0.1, 0.15) is 6.61 Å². The van der Waals surface area contributed by atoms with E-state index in [1.165, 1.54) is 0 Å². The maximum atomic E-state index is 12.4. The van der Waals surface area contributed by atoms with Crippen LogP contribution in [0, 0.1) is 0 Å². The van der Waals surface area contributed by atoms with Crippen LogP contribution >= 0.6 is 0 Å². The van der Waals surface area contributed by atoms with E-state index in [1.54, 1.807) is 17.0 Å². The molecule has 0 saturated heterocycles. The lowest BCUT2D eigenvalue weighted by molar-refractivity contribution is -0.175. The van der Waals surface area contributed by atoms with E-state index in [-0.39, 0.29) is 30.9 Å². The zero-order valence-electron chi connectivity index (χ0n) is 14.9. The average Bonchev–Trinajstić information content (AvgIpc) is 3.50. The van der Waals surface area contributed by atoms with Crippen LogP contribution in [0.15, 0.2) is 24.3 Å². The normalized spacial score (nSPS) is 16.9. The zero-order chi connectivity index (χ0) is 19.4. The maximum Gasteiger partial charge on any atom is 0.411 e. The van der Waals surface area contributed by atoms with E-state index in [9.17, 15) is 22.8 Å². The molecule has 2 aliphatic rings. The quantitative estimate of drug-likeness (QED) is 0.666. The smallest absolute Gasteiger partial charge is 0.372 e. The molecule has 0 radical (unpaired) electrons. The molecule has 0 heterocycles. The predicted molar refractivity (Wildman–Crippen MR) is 92.0 cm³/mol. The molecule has 2 aliphatic carbocycles. The summed E-state index contributed by atoms with van der Waals surface area (Å²) in [6, 6.07) is 7.51. The molecule has 2 amide bonds. The molecular weight excluding hydrogens is 361 g/mol. The number of amides is 2. The van der Waals surface area contributed by atoms with Crippen LogP contribution in [0.1, 0.15) is 48.0 Å². The van der Waals surface area contributed by atoms with Gasteiger partial charge in [-0.15, -0.1) is 0 Å². The van der Waals surface area contributed by atoms with Crippen LogP contribution in [0.25, 0.3) is 0 Å². The first-order valence-electron chi connectivity index (χ1n) is 9.15. The van der Waals surface area contributed by atoms with Crippen LogP contribution in [0.2, 0.25) is 0 Å². The Bertz CT molecular complexity index is 668. The molecule has 5 nitrogen and oxygen atoms in total. The van der Waals surface area contributed by atoms with E-state index >= 15 is 0 Å². The van der Waals surface area contributed by atoms with Crippen molar-refractivity contribution in [1.82, 2.24) is 10.2 Å². The second-order valence-corrected chi connectivity index (χ2v) is 7.12. The largest absolute Gasteiger partial charge is 0.411 e. The van der Waals surface area contributed by atoms with Gasteiger partial charge in [0.25, 0.3) is 5.91 Å². The van der Waals surface area contributed by atoms with Crippen LogP contribution in [0.3, 0.4) is 0 Å². The highest BCUT2D eigenvalue weighted by atomic mass is 19.4. The first kappa shape index (κ1) is 19.7. The number of hydrogen-bond donors (Lipinski definition) is 1. The Labute approximate surface area is 155 Å². The van der Waals surface area contributed by atoms with Gasteiger partial charge in [-0.25, -0.2) is 0 Å². The summed E-state index contributed by atoms with van der Waals surface area (Å²) >= 11 is 0. The van der Waals surface area contributed by atoms with Gasteiger partial charge in [-0.3, -0.25) is 9.59 Å². The number of nitrogens with zero attached hydrogens (tertiary/aromatic N) is 1. The zero-order valence-corrected chi connectivity index (χ0v) is 14.9. The molecule has 2 fully saturated rings. The van der Waals surface area contributed by atoms with Crippen molar-refractivity contribution in [2.45, 2.75) is 56.9 Å². The summed E-state index contributed by atoms with van der Waals surface area (Å²) < 4.78 is 40.8. The fourth-order valence-corrected chi connectivity index (χ4v) is 2.75. The summed E-state index contributed by atoms with van der Waals surface area (Å²) in [6.07, 6.45) is -0.612. The molecule has 1 aromatic carbocycles. The lowest BCUT2D eigenvalue weighted by Gasteiger charge is -2.23. The fraction of sp³-hybridized carbons (Fsp3) is 0.579. The molecule has 0 spiro atoms. The Balaban J connectivity index is 1.50. The van der Waals surface area contributed by atoms with Crippen LogP contribution in [-0.4, -0.2) is 48.2 Å². The molecule has 2 saturated carbocycles. The number of hydrogen-bond acceptors (Lipinski definition) is 3. The third-order valence-electron chi connectivity index (χ3n) is 4.52. The van der Waals surface area contributed by atoms with Gasteiger partial charge in [-0.05, 0) is 43.4 Å². The predicted octanol–water partition coefficient (Wildman–Crippen LogP) is 3.04. The number of rotatable bonds is 9. The van der Waals surface area contributed by atoms with E-state index < -0.39 is 12.8 Å². The summed E-state index contributed by atoms with van der Waals surface area (Å²) in [4.78, 5) is 26.1. The summed E-state index contributed by atoms with van der Waals surface area (Å²) in [6.45, 7) is -1.21. The van der Waals surface area contributed by atoms with Crippen molar-refractivity contribution in [3.8, 4) is 0 Å². The standard InChI is InChI=1S/C19H23F3N2O3/c20-19(21,22)12-27-10-9-17(25)24(16-7-8-16)11-13-1-3-14(4-2-13)18(26)23-15-5-6-15/h1-4,15-16H,5-12H2,(H,23,26). The van der Waals surface area contributed by atoms with E-state index in [0.29, 0.717) is 18.2 Å². The molecule has 8 heteroatoms. The van der Waals surface area contributed by atoms with E-state index in [0.717, 1.165) is 31.2 Å². The summed E-state index contributed by atoms with van der Waals surface area (Å²) in [5, 5.41) is 2.92. The molecule has 0 atom stereocenters. The highest BCUT2D eigenvalue weighted by molar-refractivity contribution is 5.94. The molecule has 0 aromatic heterocycles. The number of ether oxygens (including phenoxy) is 1. The van der Waals surface area contributed by atoms with Crippen LogP contribution in [0.5, 0.6) is 0 Å². The van der Waals surface area contributed by atoms with Gasteiger partial charge in [0, 0.05) is 24.2 Å². The fourth-order valence-electron chi connectivity index (χ4n) is 2.75. The van der Waals surface area contributed by atoms with Crippen molar-refractivity contribution in [2.24, 2.45) is 0 Å². The molecule has 1 N–H and O–H groups in total. The minimum Gasteiger partial charge on any atom is -0.372 e. The van der Waals surface area contributed by atoms with Gasteiger partial charge in [-0.1, -0.05) is 12.1 Å². The van der Waals surface area contributed by atoms with Crippen LogP contribution in [0.4, 0.5) is 13.2 Å². The lowest BCUT2D eigenvalue weighted by atomic mass is 10.1. The van der Waals surface area contributed by atoms with Crippen molar-refractivity contribution >= 4 is 11.8 Å². The number of halogens is 3. The lowest BCUT2D eigenvalue weighted by Crippen LogP contribution is -2.33. The third kappa shape index (κ3) is 6.53. The van der Waals surface area contributed by atoms with Gasteiger partial charge in [0.05, 0.1) is 13.0 Å². The third-order valence-corrected chi connectivity index (χ3v) is 4.52.